The molecule has 0 saturated heterocycles. The smallest absolute Gasteiger partial charge is 0.376 e. The van der Waals surface area contributed by atoms with Crippen LogP contribution in [0.4, 0.5) is 0 Å². The van der Waals surface area contributed by atoms with Crippen molar-refractivity contribution in [2.45, 2.75) is 19.3 Å². The molecule has 0 fully saturated rings. The van der Waals surface area contributed by atoms with Crippen LogP contribution >= 0.6 is 0 Å². The van der Waals surface area contributed by atoms with E-state index in [1.807, 2.05) is 19.1 Å². The van der Waals surface area contributed by atoms with Crippen LogP contribution in [0.1, 0.15) is 24.0 Å². The summed E-state index contributed by atoms with van der Waals surface area (Å²) >= 11 is 0. The van der Waals surface area contributed by atoms with Crippen molar-refractivity contribution in [3.8, 4) is 11.8 Å². The summed E-state index contributed by atoms with van der Waals surface area (Å²) in [6.07, 6.45) is 0.752. The van der Waals surface area contributed by atoms with E-state index in [1.165, 1.54) is 7.11 Å². The van der Waals surface area contributed by atoms with Crippen LogP contribution in [-0.4, -0.2) is 26.0 Å². The molecule has 0 aliphatic heterocycles. The SMILES string of the molecule is CCc1ccc(OC)c(C(C#N)C(=O)C(=O)OC)c1. The molecule has 1 rings (SSSR count). The van der Waals surface area contributed by atoms with Crippen LogP contribution in [0.15, 0.2) is 18.2 Å². The third-order valence-electron chi connectivity index (χ3n) is 2.79. The lowest BCUT2D eigenvalue weighted by atomic mass is 9.93. The van der Waals surface area contributed by atoms with Gasteiger partial charge in [-0.25, -0.2) is 4.79 Å². The second-order valence-electron chi connectivity index (χ2n) is 3.85. The van der Waals surface area contributed by atoms with E-state index >= 15 is 0 Å². The van der Waals surface area contributed by atoms with Gasteiger partial charge in [-0.2, -0.15) is 5.26 Å². The number of benzene rings is 1. The molecule has 0 bridgehead atoms. The molecule has 1 unspecified atom stereocenters. The Kier molecular flexibility index (Phi) is 5.07. The van der Waals surface area contributed by atoms with E-state index in [-0.39, 0.29) is 0 Å². The zero-order valence-corrected chi connectivity index (χ0v) is 11.1. The number of nitrogens with zero attached hydrogens (tertiary/aromatic N) is 1. The molecule has 0 heterocycles. The summed E-state index contributed by atoms with van der Waals surface area (Å²) in [6, 6.07) is 7.06. The van der Waals surface area contributed by atoms with Gasteiger partial charge < -0.3 is 9.47 Å². The minimum atomic E-state index is -1.21. The molecule has 100 valence electrons. The van der Waals surface area contributed by atoms with Crippen molar-refractivity contribution in [1.82, 2.24) is 0 Å². The van der Waals surface area contributed by atoms with E-state index in [4.69, 9.17) is 10.00 Å². The number of ether oxygens (including phenoxy) is 2. The van der Waals surface area contributed by atoms with Crippen molar-refractivity contribution in [2.75, 3.05) is 14.2 Å². The Morgan fingerprint density at radius 3 is 2.53 bits per heavy atom. The highest BCUT2D eigenvalue weighted by atomic mass is 16.5. The maximum atomic E-state index is 11.8. The fourth-order valence-corrected chi connectivity index (χ4v) is 1.72. The van der Waals surface area contributed by atoms with Gasteiger partial charge in [0.05, 0.1) is 20.3 Å². The summed E-state index contributed by atoms with van der Waals surface area (Å²) in [4.78, 5) is 23.1. The fourth-order valence-electron chi connectivity index (χ4n) is 1.72. The van der Waals surface area contributed by atoms with Crippen LogP contribution in [0.5, 0.6) is 5.75 Å². The molecule has 19 heavy (non-hydrogen) atoms. The number of aryl methyl sites for hydroxylation is 1. The van der Waals surface area contributed by atoms with Crippen LogP contribution < -0.4 is 4.74 Å². The summed E-state index contributed by atoms with van der Waals surface area (Å²) in [7, 11) is 2.55. The third kappa shape index (κ3) is 3.10. The minimum Gasteiger partial charge on any atom is -0.496 e. The van der Waals surface area contributed by atoms with Crippen LogP contribution in [0.2, 0.25) is 0 Å². The lowest BCUT2D eigenvalue weighted by Gasteiger charge is -2.13. The third-order valence-corrected chi connectivity index (χ3v) is 2.79. The number of hydrogen-bond acceptors (Lipinski definition) is 5. The Hall–Kier alpha value is -2.35. The van der Waals surface area contributed by atoms with Gasteiger partial charge in [0.25, 0.3) is 5.78 Å². The highest BCUT2D eigenvalue weighted by Gasteiger charge is 2.30. The second-order valence-corrected chi connectivity index (χ2v) is 3.85. The molecule has 0 saturated carbocycles. The normalized spacial score (nSPS) is 11.3. The number of nitriles is 1. The first-order valence-electron chi connectivity index (χ1n) is 5.77. The van der Waals surface area contributed by atoms with Gasteiger partial charge in [-0.15, -0.1) is 0 Å². The van der Waals surface area contributed by atoms with Crippen molar-refractivity contribution in [3.05, 3.63) is 29.3 Å². The lowest BCUT2D eigenvalue weighted by molar-refractivity contribution is -0.151. The zero-order chi connectivity index (χ0) is 14.4. The van der Waals surface area contributed by atoms with Gasteiger partial charge >= 0.3 is 5.97 Å². The monoisotopic (exact) mass is 261 g/mol. The Bertz CT molecular complexity index is 531. The van der Waals surface area contributed by atoms with E-state index < -0.39 is 17.7 Å². The molecule has 1 aromatic rings. The first kappa shape index (κ1) is 14.7. The van der Waals surface area contributed by atoms with Crippen LogP contribution in [0.25, 0.3) is 0 Å². The van der Waals surface area contributed by atoms with Crippen LogP contribution in [0.3, 0.4) is 0 Å². The van der Waals surface area contributed by atoms with Gasteiger partial charge in [-0.05, 0) is 18.1 Å². The fraction of sp³-hybridized carbons (Fsp3) is 0.357. The van der Waals surface area contributed by atoms with E-state index in [0.717, 1.165) is 19.1 Å². The maximum absolute atomic E-state index is 11.8. The Balaban J connectivity index is 3.28. The molecule has 0 radical (unpaired) electrons. The number of carbonyl (C=O) groups is 2. The number of methoxy groups -OCH3 is 2. The van der Waals surface area contributed by atoms with Gasteiger partial charge in [0.15, 0.2) is 0 Å². The zero-order valence-electron chi connectivity index (χ0n) is 11.1. The quantitative estimate of drug-likeness (QED) is 0.594. The van der Waals surface area contributed by atoms with Crippen molar-refractivity contribution in [1.29, 1.82) is 5.26 Å². The first-order valence-corrected chi connectivity index (χ1v) is 5.77. The van der Waals surface area contributed by atoms with Gasteiger partial charge in [0.1, 0.15) is 11.7 Å². The van der Waals surface area contributed by atoms with Gasteiger partial charge in [0, 0.05) is 5.56 Å². The Morgan fingerprint density at radius 2 is 2.05 bits per heavy atom. The van der Waals surface area contributed by atoms with E-state index in [9.17, 15) is 9.59 Å². The van der Waals surface area contributed by atoms with Crippen molar-refractivity contribution in [2.24, 2.45) is 0 Å². The Labute approximate surface area is 111 Å². The number of carbonyl (C=O) groups excluding carboxylic acids is 2. The molecule has 1 aromatic carbocycles. The summed E-state index contributed by atoms with van der Waals surface area (Å²) < 4.78 is 9.50. The molecule has 0 aromatic heterocycles. The lowest BCUT2D eigenvalue weighted by Crippen LogP contribution is -2.23. The van der Waals surface area contributed by atoms with Gasteiger partial charge in [-0.1, -0.05) is 19.1 Å². The van der Waals surface area contributed by atoms with E-state index in [2.05, 4.69) is 4.74 Å². The summed E-state index contributed by atoms with van der Waals surface area (Å²) in [5.41, 5.74) is 1.34. The highest BCUT2D eigenvalue weighted by Crippen LogP contribution is 2.28. The number of rotatable bonds is 5. The molecule has 0 N–H and O–H groups in total. The number of ketones is 1. The summed E-state index contributed by atoms with van der Waals surface area (Å²) in [5, 5.41) is 9.14. The average Bonchev–Trinajstić information content (AvgIpc) is 2.46. The predicted octanol–water partition coefficient (Wildman–Crippen LogP) is 1.61. The van der Waals surface area contributed by atoms with E-state index in [0.29, 0.717) is 11.3 Å². The van der Waals surface area contributed by atoms with Crippen LogP contribution in [0, 0.1) is 11.3 Å². The molecule has 1 atom stereocenters. The number of hydrogen-bond donors (Lipinski definition) is 0. The van der Waals surface area contributed by atoms with Crippen molar-refractivity contribution in [3.63, 3.8) is 0 Å². The number of esters is 1. The molecule has 0 aliphatic rings. The van der Waals surface area contributed by atoms with Crippen LogP contribution in [-0.2, 0) is 20.7 Å². The maximum Gasteiger partial charge on any atom is 0.376 e. The van der Waals surface area contributed by atoms with E-state index in [1.54, 1.807) is 12.1 Å². The molecule has 0 spiro atoms. The minimum absolute atomic E-state index is 0.389. The first-order chi connectivity index (χ1) is 9.08. The molecule has 0 aliphatic carbocycles. The summed E-state index contributed by atoms with van der Waals surface area (Å²) in [6.45, 7) is 1.95. The molecule has 5 nitrogen and oxygen atoms in total. The largest absolute Gasteiger partial charge is 0.496 e. The van der Waals surface area contributed by atoms with Crippen molar-refractivity contribution >= 4 is 11.8 Å². The molecular formula is C14H15NO4. The second kappa shape index (κ2) is 6.55. The Morgan fingerprint density at radius 1 is 1.37 bits per heavy atom. The number of Topliss-reactive ketones (excluding diaryl/α,β-unsaturated/α-hetero) is 1. The molecule has 0 amide bonds. The molecular weight excluding hydrogens is 246 g/mol. The topological polar surface area (TPSA) is 76.4 Å². The predicted molar refractivity (Wildman–Crippen MR) is 67.7 cm³/mol. The van der Waals surface area contributed by atoms with Gasteiger partial charge in [0.2, 0.25) is 0 Å². The van der Waals surface area contributed by atoms with Crippen molar-refractivity contribution < 1.29 is 19.1 Å². The van der Waals surface area contributed by atoms with Gasteiger partial charge in [-0.3, -0.25) is 4.79 Å². The average molecular weight is 261 g/mol. The highest BCUT2D eigenvalue weighted by molar-refractivity contribution is 6.36. The summed E-state index contributed by atoms with van der Waals surface area (Å²) in [5.74, 6) is -2.73. The molecule has 5 heteroatoms. The standard InChI is InChI=1S/C14H15NO4/c1-4-9-5-6-12(18-2)10(7-9)11(8-15)13(16)14(17)19-3/h5-7,11H,4H2,1-3H3.